The Morgan fingerprint density at radius 3 is 2.24 bits per heavy atom. The fraction of sp³-hybridized carbons (Fsp3) is 0.235. The molecule has 2 N–H and O–H groups in total. The minimum atomic E-state index is -1.08. The molecular weight excluding hydrogens is 272 g/mol. The highest BCUT2D eigenvalue weighted by Crippen LogP contribution is 2.21. The quantitative estimate of drug-likeness (QED) is 0.683. The van der Waals surface area contributed by atoms with Crippen LogP contribution in [0.3, 0.4) is 0 Å². The number of nitrogens with two attached hydrogens (primary N) is 1. The van der Waals surface area contributed by atoms with E-state index in [4.69, 9.17) is 5.73 Å². The van der Waals surface area contributed by atoms with Crippen molar-refractivity contribution in [3.05, 3.63) is 64.7 Å². The summed E-state index contributed by atoms with van der Waals surface area (Å²) in [5.41, 5.74) is 7.04. The van der Waals surface area contributed by atoms with Crippen LogP contribution >= 0.6 is 0 Å². The van der Waals surface area contributed by atoms with Crippen LogP contribution in [0.15, 0.2) is 36.4 Å². The SMILES string of the molecule is CC(C)Cc1ccc(C(=O)c2cc(F)c(F)cc2N)cc1. The van der Waals surface area contributed by atoms with Crippen LogP contribution < -0.4 is 5.73 Å². The number of hydrogen-bond acceptors (Lipinski definition) is 2. The van der Waals surface area contributed by atoms with Crippen LogP contribution in [0.4, 0.5) is 14.5 Å². The Balaban J connectivity index is 2.30. The number of halogens is 2. The molecular formula is C17H17F2NO. The molecule has 0 spiro atoms. The molecule has 0 heterocycles. The van der Waals surface area contributed by atoms with Crippen LogP contribution in [0.1, 0.15) is 35.3 Å². The topological polar surface area (TPSA) is 43.1 Å². The number of rotatable bonds is 4. The minimum Gasteiger partial charge on any atom is -0.398 e. The number of nitrogen functional groups attached to an aromatic ring is 1. The highest BCUT2D eigenvalue weighted by molar-refractivity contribution is 6.12. The van der Waals surface area contributed by atoms with Gasteiger partial charge in [-0.1, -0.05) is 38.1 Å². The Hall–Kier alpha value is -2.23. The first-order valence-electron chi connectivity index (χ1n) is 6.76. The maximum Gasteiger partial charge on any atom is 0.195 e. The lowest BCUT2D eigenvalue weighted by Crippen LogP contribution is -2.07. The van der Waals surface area contributed by atoms with Gasteiger partial charge >= 0.3 is 0 Å². The molecule has 4 heteroatoms. The average Bonchev–Trinajstić information content (AvgIpc) is 2.42. The summed E-state index contributed by atoms with van der Waals surface area (Å²) in [7, 11) is 0. The number of carbonyl (C=O) groups is 1. The summed E-state index contributed by atoms with van der Waals surface area (Å²) in [6.07, 6.45) is 0.918. The predicted molar refractivity (Wildman–Crippen MR) is 79.2 cm³/mol. The number of benzene rings is 2. The molecule has 0 saturated carbocycles. The van der Waals surface area contributed by atoms with Gasteiger partial charge in [0.15, 0.2) is 17.4 Å². The van der Waals surface area contributed by atoms with Gasteiger partial charge in [-0.05, 0) is 24.0 Å². The van der Waals surface area contributed by atoms with E-state index >= 15 is 0 Å². The first-order valence-corrected chi connectivity index (χ1v) is 6.76. The summed E-state index contributed by atoms with van der Waals surface area (Å²) < 4.78 is 26.3. The van der Waals surface area contributed by atoms with Gasteiger partial charge in [-0.25, -0.2) is 8.78 Å². The molecule has 0 radical (unpaired) electrons. The lowest BCUT2D eigenvalue weighted by molar-refractivity contribution is 0.103. The summed E-state index contributed by atoms with van der Waals surface area (Å²) in [5, 5.41) is 0. The lowest BCUT2D eigenvalue weighted by atomic mass is 9.97. The third kappa shape index (κ3) is 3.45. The van der Waals surface area contributed by atoms with E-state index in [0.717, 1.165) is 24.1 Å². The van der Waals surface area contributed by atoms with Crippen molar-refractivity contribution in [2.24, 2.45) is 5.92 Å². The molecule has 2 nitrogen and oxygen atoms in total. The van der Waals surface area contributed by atoms with Gasteiger partial charge in [-0.2, -0.15) is 0 Å². The van der Waals surface area contributed by atoms with Gasteiger partial charge in [0.25, 0.3) is 0 Å². The van der Waals surface area contributed by atoms with Gasteiger partial charge in [0, 0.05) is 22.9 Å². The molecule has 21 heavy (non-hydrogen) atoms. The van der Waals surface area contributed by atoms with E-state index in [9.17, 15) is 13.6 Å². The summed E-state index contributed by atoms with van der Waals surface area (Å²) >= 11 is 0. The zero-order valence-electron chi connectivity index (χ0n) is 12.0. The van der Waals surface area contributed by atoms with E-state index in [1.54, 1.807) is 12.1 Å². The van der Waals surface area contributed by atoms with E-state index in [2.05, 4.69) is 13.8 Å². The van der Waals surface area contributed by atoms with Crippen molar-refractivity contribution in [2.45, 2.75) is 20.3 Å². The smallest absolute Gasteiger partial charge is 0.195 e. The normalized spacial score (nSPS) is 10.9. The molecule has 2 aromatic rings. The number of carbonyl (C=O) groups excluding carboxylic acids is 1. The van der Waals surface area contributed by atoms with Crippen molar-refractivity contribution in [1.82, 2.24) is 0 Å². The van der Waals surface area contributed by atoms with Crippen molar-refractivity contribution in [3.8, 4) is 0 Å². The molecule has 0 aliphatic rings. The standard InChI is InChI=1S/C17H17F2NO/c1-10(2)7-11-3-5-12(6-4-11)17(21)13-8-14(18)15(19)9-16(13)20/h3-6,8-10H,7,20H2,1-2H3. The molecule has 0 fully saturated rings. The Kier molecular flexibility index (Phi) is 4.36. The van der Waals surface area contributed by atoms with Crippen LogP contribution in [-0.2, 0) is 6.42 Å². The minimum absolute atomic E-state index is 0.0227. The number of hydrogen-bond donors (Lipinski definition) is 1. The summed E-state index contributed by atoms with van der Waals surface area (Å²) in [4.78, 5) is 12.3. The van der Waals surface area contributed by atoms with Gasteiger partial charge in [-0.15, -0.1) is 0 Å². The molecule has 2 aromatic carbocycles. The third-order valence-corrected chi connectivity index (χ3v) is 3.20. The van der Waals surface area contributed by atoms with Gasteiger partial charge in [0.1, 0.15) is 0 Å². The van der Waals surface area contributed by atoms with Crippen molar-refractivity contribution in [2.75, 3.05) is 5.73 Å². The van der Waals surface area contributed by atoms with E-state index in [1.807, 2.05) is 12.1 Å². The molecule has 0 aliphatic carbocycles. The first-order chi connectivity index (χ1) is 9.88. The van der Waals surface area contributed by atoms with Crippen LogP contribution in [0.5, 0.6) is 0 Å². The van der Waals surface area contributed by atoms with E-state index in [1.165, 1.54) is 0 Å². The maximum atomic E-state index is 13.3. The van der Waals surface area contributed by atoms with Crippen molar-refractivity contribution < 1.29 is 13.6 Å². The van der Waals surface area contributed by atoms with E-state index in [-0.39, 0.29) is 11.3 Å². The highest BCUT2D eigenvalue weighted by atomic mass is 19.2. The zero-order valence-corrected chi connectivity index (χ0v) is 12.0. The second-order valence-corrected chi connectivity index (χ2v) is 5.48. The lowest BCUT2D eigenvalue weighted by Gasteiger charge is -2.08. The molecule has 0 amide bonds. The molecule has 2 rings (SSSR count). The monoisotopic (exact) mass is 289 g/mol. The first kappa shape index (κ1) is 15.2. The van der Waals surface area contributed by atoms with Crippen LogP contribution in [-0.4, -0.2) is 5.78 Å². The average molecular weight is 289 g/mol. The Bertz CT molecular complexity index is 663. The van der Waals surface area contributed by atoms with Crippen molar-refractivity contribution >= 4 is 11.5 Å². The van der Waals surface area contributed by atoms with Crippen molar-refractivity contribution in [1.29, 1.82) is 0 Å². The molecule has 0 aromatic heterocycles. The van der Waals surface area contributed by atoms with Crippen LogP contribution in [0.25, 0.3) is 0 Å². The Morgan fingerprint density at radius 1 is 1.10 bits per heavy atom. The number of ketones is 1. The summed E-state index contributed by atoms with van der Waals surface area (Å²) in [5.74, 6) is -2.03. The molecule has 0 atom stereocenters. The van der Waals surface area contributed by atoms with E-state index < -0.39 is 17.4 Å². The predicted octanol–water partition coefficient (Wildman–Crippen LogP) is 3.98. The van der Waals surface area contributed by atoms with Crippen LogP contribution in [0.2, 0.25) is 0 Å². The Morgan fingerprint density at radius 2 is 1.67 bits per heavy atom. The van der Waals surface area contributed by atoms with Crippen molar-refractivity contribution in [3.63, 3.8) is 0 Å². The number of anilines is 1. The molecule has 0 aliphatic heterocycles. The molecule has 0 saturated heterocycles. The van der Waals surface area contributed by atoms with Gasteiger partial charge in [0.2, 0.25) is 0 Å². The maximum absolute atomic E-state index is 13.3. The van der Waals surface area contributed by atoms with Crippen LogP contribution in [0, 0.1) is 17.6 Å². The summed E-state index contributed by atoms with van der Waals surface area (Å²) in [6.45, 7) is 4.22. The largest absolute Gasteiger partial charge is 0.398 e. The molecule has 110 valence electrons. The summed E-state index contributed by atoms with van der Waals surface area (Å²) in [6, 6.07) is 8.76. The fourth-order valence-corrected chi connectivity index (χ4v) is 2.18. The third-order valence-electron chi connectivity index (χ3n) is 3.20. The Labute approximate surface area is 122 Å². The van der Waals surface area contributed by atoms with Gasteiger partial charge in [-0.3, -0.25) is 4.79 Å². The second kappa shape index (κ2) is 6.04. The van der Waals surface area contributed by atoms with Gasteiger partial charge in [0.05, 0.1) is 0 Å². The molecule has 0 unspecified atom stereocenters. The second-order valence-electron chi connectivity index (χ2n) is 5.48. The molecule has 0 bridgehead atoms. The fourth-order valence-electron chi connectivity index (χ4n) is 2.18. The zero-order chi connectivity index (χ0) is 15.6. The highest BCUT2D eigenvalue weighted by Gasteiger charge is 2.16. The van der Waals surface area contributed by atoms with E-state index in [0.29, 0.717) is 11.5 Å². The van der Waals surface area contributed by atoms with Gasteiger partial charge < -0.3 is 5.73 Å².